The lowest BCUT2D eigenvalue weighted by atomic mass is 10.1. The Morgan fingerprint density at radius 2 is 1.50 bits per heavy atom. The zero-order valence-electron chi connectivity index (χ0n) is 19.5. The van der Waals surface area contributed by atoms with Crippen LogP contribution in [-0.2, 0) is 4.79 Å². The van der Waals surface area contributed by atoms with Gasteiger partial charge >= 0.3 is 0 Å². The van der Waals surface area contributed by atoms with E-state index in [4.69, 9.17) is 0 Å². The summed E-state index contributed by atoms with van der Waals surface area (Å²) < 4.78 is 1.03. The van der Waals surface area contributed by atoms with E-state index in [1.54, 1.807) is 0 Å². The molecular formula is C29H23N3O2S2. The highest BCUT2D eigenvalue weighted by atomic mass is 32.2. The van der Waals surface area contributed by atoms with Crippen molar-refractivity contribution in [1.29, 1.82) is 0 Å². The summed E-state index contributed by atoms with van der Waals surface area (Å²) in [5, 5.41) is 6.04. The van der Waals surface area contributed by atoms with E-state index in [-0.39, 0.29) is 11.8 Å². The molecule has 0 saturated heterocycles. The number of thioether (sulfide) groups is 1. The summed E-state index contributed by atoms with van der Waals surface area (Å²) in [7, 11) is 0. The maximum absolute atomic E-state index is 13.4. The van der Waals surface area contributed by atoms with E-state index >= 15 is 0 Å². The number of hydrogen-bond donors (Lipinski definition) is 2. The number of carbonyl (C=O) groups excluding carboxylic acids is 2. The lowest BCUT2D eigenvalue weighted by molar-refractivity contribution is -0.115. The van der Waals surface area contributed by atoms with Crippen LogP contribution in [0.3, 0.4) is 0 Å². The van der Waals surface area contributed by atoms with Crippen molar-refractivity contribution in [3.8, 4) is 0 Å². The standard InChI is InChI=1S/C29H23N3O2S2/c1-19-11-13-21(14-12-19)27(33)30-22-15-17-23(18-16-22)35-26(20-7-3-2-4-8-20)28(34)32-29-31-24-9-5-6-10-25(24)36-29/h2-18,26H,1H3,(H,30,33)(H,31,32,34). The number of fused-ring (bicyclic) bond motifs is 1. The average molecular weight is 510 g/mol. The molecule has 0 bridgehead atoms. The number of amides is 2. The quantitative estimate of drug-likeness (QED) is 0.225. The number of carbonyl (C=O) groups is 2. The Bertz CT molecular complexity index is 1460. The van der Waals surface area contributed by atoms with Gasteiger partial charge in [-0.1, -0.05) is 71.5 Å². The summed E-state index contributed by atoms with van der Waals surface area (Å²) in [4.78, 5) is 31.3. The fourth-order valence-electron chi connectivity index (χ4n) is 3.66. The summed E-state index contributed by atoms with van der Waals surface area (Å²) in [6.07, 6.45) is 0. The van der Waals surface area contributed by atoms with Crippen molar-refractivity contribution < 1.29 is 9.59 Å². The molecule has 0 saturated carbocycles. The van der Waals surface area contributed by atoms with Gasteiger partial charge in [0, 0.05) is 16.1 Å². The predicted molar refractivity (Wildman–Crippen MR) is 149 cm³/mol. The summed E-state index contributed by atoms with van der Waals surface area (Å²) in [6.45, 7) is 1.99. The van der Waals surface area contributed by atoms with E-state index in [2.05, 4.69) is 15.6 Å². The van der Waals surface area contributed by atoms with E-state index in [9.17, 15) is 9.59 Å². The average Bonchev–Trinajstić information content (AvgIpc) is 3.31. The SMILES string of the molecule is Cc1ccc(C(=O)Nc2ccc(SC(C(=O)Nc3nc4ccccc4s3)c3ccccc3)cc2)cc1. The minimum Gasteiger partial charge on any atom is -0.322 e. The van der Waals surface area contributed by atoms with Gasteiger partial charge in [-0.2, -0.15) is 0 Å². The fourth-order valence-corrected chi connectivity index (χ4v) is 5.55. The van der Waals surface area contributed by atoms with E-state index < -0.39 is 5.25 Å². The number of para-hydroxylation sites is 1. The molecule has 0 radical (unpaired) electrons. The minimum absolute atomic E-state index is 0.137. The van der Waals surface area contributed by atoms with Crippen molar-refractivity contribution in [1.82, 2.24) is 4.98 Å². The number of nitrogens with one attached hydrogen (secondary N) is 2. The van der Waals surface area contributed by atoms with Gasteiger partial charge in [0.25, 0.3) is 5.91 Å². The maximum atomic E-state index is 13.4. The maximum Gasteiger partial charge on any atom is 0.255 e. The van der Waals surface area contributed by atoms with Crippen LogP contribution >= 0.6 is 23.1 Å². The number of rotatable bonds is 7. The normalized spacial score (nSPS) is 11.7. The molecule has 178 valence electrons. The molecule has 5 nitrogen and oxygen atoms in total. The van der Waals surface area contributed by atoms with Crippen molar-refractivity contribution in [2.45, 2.75) is 17.1 Å². The van der Waals surface area contributed by atoms with Gasteiger partial charge in [0.05, 0.1) is 10.2 Å². The van der Waals surface area contributed by atoms with Gasteiger partial charge in [-0.3, -0.25) is 9.59 Å². The first kappa shape index (κ1) is 23.8. The molecular weight excluding hydrogens is 486 g/mol. The molecule has 2 amide bonds. The van der Waals surface area contributed by atoms with Crippen LogP contribution < -0.4 is 10.6 Å². The Balaban J connectivity index is 1.31. The molecule has 2 N–H and O–H groups in total. The zero-order chi connectivity index (χ0) is 24.9. The highest BCUT2D eigenvalue weighted by Crippen LogP contribution is 2.37. The molecule has 1 heterocycles. The van der Waals surface area contributed by atoms with Crippen LogP contribution in [0.2, 0.25) is 0 Å². The Hall–Kier alpha value is -3.94. The van der Waals surface area contributed by atoms with E-state index in [0.29, 0.717) is 16.4 Å². The molecule has 0 aliphatic carbocycles. The molecule has 0 fully saturated rings. The van der Waals surface area contributed by atoms with Crippen LogP contribution in [0.4, 0.5) is 10.8 Å². The van der Waals surface area contributed by atoms with Crippen molar-refractivity contribution in [2.24, 2.45) is 0 Å². The summed E-state index contributed by atoms with van der Waals surface area (Å²) in [5.74, 6) is -0.296. The van der Waals surface area contributed by atoms with Crippen LogP contribution in [0.1, 0.15) is 26.7 Å². The molecule has 5 aromatic rings. The Labute approximate surface area is 217 Å². The van der Waals surface area contributed by atoms with E-state index in [1.165, 1.54) is 23.1 Å². The van der Waals surface area contributed by atoms with Crippen molar-refractivity contribution in [2.75, 3.05) is 10.6 Å². The summed E-state index contributed by atoms with van der Waals surface area (Å²) >= 11 is 2.91. The third-order valence-corrected chi connectivity index (χ3v) is 7.76. The Kier molecular flexibility index (Phi) is 7.11. The van der Waals surface area contributed by atoms with Gasteiger partial charge in [0.1, 0.15) is 5.25 Å². The second-order valence-electron chi connectivity index (χ2n) is 8.23. The second-order valence-corrected chi connectivity index (χ2v) is 10.4. The van der Waals surface area contributed by atoms with Crippen molar-refractivity contribution >= 4 is 55.9 Å². The van der Waals surface area contributed by atoms with Gasteiger partial charge in [0.2, 0.25) is 5.91 Å². The molecule has 0 aliphatic heterocycles. The molecule has 4 aromatic carbocycles. The third-order valence-electron chi connectivity index (χ3n) is 5.54. The minimum atomic E-state index is -0.466. The number of anilines is 2. The molecule has 36 heavy (non-hydrogen) atoms. The largest absolute Gasteiger partial charge is 0.322 e. The second kappa shape index (κ2) is 10.8. The lowest BCUT2D eigenvalue weighted by Crippen LogP contribution is -2.18. The van der Waals surface area contributed by atoms with Crippen LogP contribution in [0, 0.1) is 6.92 Å². The molecule has 1 aromatic heterocycles. The Morgan fingerprint density at radius 1 is 0.806 bits per heavy atom. The molecule has 1 unspecified atom stereocenters. The number of aryl methyl sites for hydroxylation is 1. The van der Waals surface area contributed by atoms with Gasteiger partial charge in [0.15, 0.2) is 5.13 Å². The number of aromatic nitrogens is 1. The number of thiazole rings is 1. The number of benzene rings is 4. The molecule has 7 heteroatoms. The molecule has 1 atom stereocenters. The van der Waals surface area contributed by atoms with Crippen molar-refractivity contribution in [3.05, 3.63) is 120 Å². The van der Waals surface area contributed by atoms with Crippen LogP contribution in [0.15, 0.2) is 108 Å². The summed E-state index contributed by atoms with van der Waals surface area (Å²) in [5.41, 5.74) is 4.17. The third kappa shape index (κ3) is 5.64. The fraction of sp³-hybridized carbons (Fsp3) is 0.0690. The van der Waals surface area contributed by atoms with E-state index in [0.717, 1.165) is 26.2 Å². The van der Waals surface area contributed by atoms with Crippen LogP contribution in [0.25, 0.3) is 10.2 Å². The first-order valence-corrected chi connectivity index (χ1v) is 13.1. The number of hydrogen-bond acceptors (Lipinski definition) is 5. The first-order valence-electron chi connectivity index (χ1n) is 11.4. The van der Waals surface area contributed by atoms with Crippen molar-refractivity contribution in [3.63, 3.8) is 0 Å². The molecule has 0 aliphatic rings. The zero-order valence-corrected chi connectivity index (χ0v) is 21.1. The van der Waals surface area contributed by atoms with Gasteiger partial charge < -0.3 is 10.6 Å². The number of nitrogens with zero attached hydrogens (tertiary/aromatic N) is 1. The highest BCUT2D eigenvalue weighted by Gasteiger charge is 2.23. The van der Waals surface area contributed by atoms with Gasteiger partial charge in [-0.05, 0) is 61.0 Å². The highest BCUT2D eigenvalue weighted by molar-refractivity contribution is 8.00. The van der Waals surface area contributed by atoms with Crippen LogP contribution in [-0.4, -0.2) is 16.8 Å². The van der Waals surface area contributed by atoms with E-state index in [1.807, 2.05) is 110 Å². The smallest absolute Gasteiger partial charge is 0.255 e. The van der Waals surface area contributed by atoms with Crippen LogP contribution in [0.5, 0.6) is 0 Å². The first-order chi connectivity index (χ1) is 17.5. The summed E-state index contributed by atoms with van der Waals surface area (Å²) in [6, 6.07) is 32.5. The molecule has 0 spiro atoms. The van der Waals surface area contributed by atoms with Gasteiger partial charge in [-0.25, -0.2) is 4.98 Å². The van der Waals surface area contributed by atoms with Gasteiger partial charge in [-0.15, -0.1) is 11.8 Å². The topological polar surface area (TPSA) is 71.1 Å². The lowest BCUT2D eigenvalue weighted by Gasteiger charge is -2.16. The molecule has 5 rings (SSSR count). The predicted octanol–water partition coefficient (Wildman–Crippen LogP) is 7.33. The monoisotopic (exact) mass is 509 g/mol. The Morgan fingerprint density at radius 3 is 2.22 bits per heavy atom.